The number of aromatic nitrogens is 1. The van der Waals surface area contributed by atoms with Crippen molar-refractivity contribution >= 4 is 23.2 Å². The van der Waals surface area contributed by atoms with E-state index in [0.717, 1.165) is 10.6 Å². The normalized spacial score (nSPS) is 20.7. The first-order chi connectivity index (χ1) is 10.9. The Morgan fingerprint density at radius 2 is 2.17 bits per heavy atom. The summed E-state index contributed by atoms with van der Waals surface area (Å²) in [6.07, 6.45) is -0.187. The Balaban J connectivity index is 1.82. The van der Waals surface area contributed by atoms with Crippen molar-refractivity contribution < 1.29 is 19.1 Å². The zero-order valence-electron chi connectivity index (χ0n) is 12.5. The molecule has 2 aromatic rings. The van der Waals surface area contributed by atoms with E-state index in [1.165, 1.54) is 4.90 Å². The molecule has 3 rings (SSSR count). The highest BCUT2D eigenvalue weighted by Crippen LogP contribution is 2.28. The maximum atomic E-state index is 14.1. The fourth-order valence-electron chi connectivity index (χ4n) is 2.64. The summed E-state index contributed by atoms with van der Waals surface area (Å²) in [5, 5.41) is 10.9. The van der Waals surface area contributed by atoms with Crippen molar-refractivity contribution in [3.63, 3.8) is 0 Å². The molecule has 1 unspecified atom stereocenters. The fourth-order valence-corrected chi connectivity index (χ4v) is 3.33. The largest absolute Gasteiger partial charge is 0.479 e. The van der Waals surface area contributed by atoms with Crippen LogP contribution in [0.15, 0.2) is 29.6 Å². The minimum atomic E-state index is -2.35. The van der Waals surface area contributed by atoms with Crippen LogP contribution in [0.5, 0.6) is 0 Å². The van der Waals surface area contributed by atoms with Gasteiger partial charge in [-0.15, -0.1) is 11.3 Å². The Bertz CT molecular complexity index is 763. The van der Waals surface area contributed by atoms with Gasteiger partial charge in [-0.3, -0.25) is 9.78 Å². The first kappa shape index (κ1) is 15.6. The van der Waals surface area contributed by atoms with E-state index < -0.39 is 18.2 Å². The second kappa shape index (κ2) is 5.73. The van der Waals surface area contributed by atoms with Crippen LogP contribution in [-0.2, 0) is 4.79 Å². The molecule has 1 aliphatic rings. The number of hydrogen-bond donors (Lipinski definition) is 1. The molecule has 23 heavy (non-hydrogen) atoms. The third-order valence-electron chi connectivity index (χ3n) is 3.98. The molecule has 1 atom stereocenters. The topological polar surface area (TPSA) is 70.5 Å². The highest BCUT2D eigenvalue weighted by Gasteiger charge is 2.47. The molecule has 0 aliphatic carbocycles. The van der Waals surface area contributed by atoms with Gasteiger partial charge in [0.2, 0.25) is 5.67 Å². The number of rotatable bonds is 3. The summed E-state index contributed by atoms with van der Waals surface area (Å²) >= 11 is 1.55. The van der Waals surface area contributed by atoms with Crippen LogP contribution in [0.25, 0.3) is 10.6 Å². The van der Waals surface area contributed by atoms with Gasteiger partial charge < -0.3 is 10.0 Å². The van der Waals surface area contributed by atoms with Gasteiger partial charge in [-0.25, -0.2) is 9.18 Å². The van der Waals surface area contributed by atoms with E-state index in [2.05, 4.69) is 4.98 Å². The Kier molecular flexibility index (Phi) is 3.89. The van der Waals surface area contributed by atoms with Gasteiger partial charge in [-0.05, 0) is 30.5 Å². The van der Waals surface area contributed by atoms with Crippen molar-refractivity contribution in [1.29, 1.82) is 0 Å². The summed E-state index contributed by atoms with van der Waals surface area (Å²) in [5.74, 6) is -1.90. The fraction of sp³-hybridized carbons (Fsp3) is 0.312. The van der Waals surface area contributed by atoms with Crippen molar-refractivity contribution in [2.75, 3.05) is 13.1 Å². The molecule has 5 nitrogen and oxygen atoms in total. The molecule has 1 saturated heterocycles. The minimum Gasteiger partial charge on any atom is -0.479 e. The molecule has 0 radical (unpaired) electrons. The lowest BCUT2D eigenvalue weighted by atomic mass is 10.1. The van der Waals surface area contributed by atoms with E-state index in [1.54, 1.807) is 30.4 Å². The van der Waals surface area contributed by atoms with E-state index in [0.29, 0.717) is 11.3 Å². The van der Waals surface area contributed by atoms with Crippen LogP contribution < -0.4 is 0 Å². The van der Waals surface area contributed by atoms with Gasteiger partial charge in [-0.1, -0.05) is 6.07 Å². The predicted molar refractivity (Wildman–Crippen MR) is 84.3 cm³/mol. The van der Waals surface area contributed by atoms with Gasteiger partial charge in [0.1, 0.15) is 0 Å². The molecule has 1 fully saturated rings. The SMILES string of the molecule is Cc1nc(-c2cccs2)ccc1C(=O)N1CCC(F)(C(=O)O)C1. The van der Waals surface area contributed by atoms with Crippen LogP contribution in [0, 0.1) is 6.92 Å². The van der Waals surface area contributed by atoms with Crippen LogP contribution in [0.4, 0.5) is 4.39 Å². The number of halogens is 1. The molecular weight excluding hydrogens is 319 g/mol. The molecule has 7 heteroatoms. The average Bonchev–Trinajstić information content (AvgIpc) is 3.16. The quantitative estimate of drug-likeness (QED) is 0.937. The molecule has 0 aromatic carbocycles. The highest BCUT2D eigenvalue weighted by atomic mass is 32.1. The van der Waals surface area contributed by atoms with Gasteiger partial charge >= 0.3 is 5.97 Å². The van der Waals surface area contributed by atoms with Crippen LogP contribution >= 0.6 is 11.3 Å². The van der Waals surface area contributed by atoms with E-state index in [4.69, 9.17) is 5.11 Å². The number of carboxylic acid groups (broad SMARTS) is 1. The number of carbonyl (C=O) groups excluding carboxylic acids is 1. The number of carbonyl (C=O) groups is 2. The molecule has 1 amide bonds. The molecule has 1 aliphatic heterocycles. The van der Waals surface area contributed by atoms with E-state index in [1.807, 2.05) is 17.5 Å². The maximum Gasteiger partial charge on any atom is 0.343 e. The monoisotopic (exact) mass is 334 g/mol. The summed E-state index contributed by atoms with van der Waals surface area (Å²) in [4.78, 5) is 30.1. The van der Waals surface area contributed by atoms with E-state index >= 15 is 0 Å². The number of aliphatic carboxylic acids is 1. The first-order valence-electron chi connectivity index (χ1n) is 7.14. The van der Waals surface area contributed by atoms with E-state index in [9.17, 15) is 14.0 Å². The summed E-state index contributed by atoms with van der Waals surface area (Å²) in [6, 6.07) is 7.28. The van der Waals surface area contributed by atoms with Crippen molar-refractivity contribution in [2.24, 2.45) is 0 Å². The predicted octanol–water partition coefficient (Wildman–Crippen LogP) is 2.76. The highest BCUT2D eigenvalue weighted by molar-refractivity contribution is 7.13. The van der Waals surface area contributed by atoms with Crippen molar-refractivity contribution in [3.05, 3.63) is 40.9 Å². The second-order valence-electron chi connectivity index (χ2n) is 5.55. The Labute approximate surface area is 136 Å². The van der Waals surface area contributed by atoms with Gasteiger partial charge in [0.15, 0.2) is 0 Å². The second-order valence-corrected chi connectivity index (χ2v) is 6.50. The third-order valence-corrected chi connectivity index (χ3v) is 4.87. The number of nitrogens with zero attached hydrogens (tertiary/aromatic N) is 2. The summed E-state index contributed by atoms with van der Waals surface area (Å²) < 4.78 is 14.1. The van der Waals surface area contributed by atoms with Gasteiger partial charge in [0, 0.05) is 13.0 Å². The van der Waals surface area contributed by atoms with Gasteiger partial charge in [0.05, 0.1) is 28.4 Å². The molecule has 3 heterocycles. The maximum absolute atomic E-state index is 14.1. The Morgan fingerprint density at radius 1 is 1.39 bits per heavy atom. The molecule has 0 saturated carbocycles. The van der Waals surface area contributed by atoms with Crippen molar-refractivity contribution in [1.82, 2.24) is 9.88 Å². The number of thiophene rings is 1. The van der Waals surface area contributed by atoms with Gasteiger partial charge in [-0.2, -0.15) is 0 Å². The Morgan fingerprint density at radius 3 is 2.74 bits per heavy atom. The Hall–Kier alpha value is -2.28. The number of carboxylic acids is 1. The number of hydrogen-bond acceptors (Lipinski definition) is 4. The number of pyridine rings is 1. The van der Waals surface area contributed by atoms with Crippen LogP contribution in [0.1, 0.15) is 22.5 Å². The lowest BCUT2D eigenvalue weighted by Gasteiger charge is -2.18. The molecule has 0 bridgehead atoms. The first-order valence-corrected chi connectivity index (χ1v) is 8.02. The molecule has 120 valence electrons. The minimum absolute atomic E-state index is 0.0910. The standard InChI is InChI=1S/C16H15FN2O3S/c1-10-11(4-5-12(18-10)13-3-2-8-23-13)14(20)19-7-6-16(17,9-19)15(21)22/h2-5,8H,6-7,9H2,1H3,(H,21,22). The van der Waals surface area contributed by atoms with Crippen LogP contribution in [-0.4, -0.2) is 45.6 Å². The smallest absolute Gasteiger partial charge is 0.343 e. The van der Waals surface area contributed by atoms with Crippen LogP contribution in [0.3, 0.4) is 0 Å². The number of aryl methyl sites for hydroxylation is 1. The summed E-state index contributed by atoms with van der Waals surface area (Å²) in [5.41, 5.74) is -0.651. The van der Waals surface area contributed by atoms with Crippen molar-refractivity contribution in [3.8, 4) is 10.6 Å². The zero-order chi connectivity index (χ0) is 16.6. The summed E-state index contributed by atoms with van der Waals surface area (Å²) in [6.45, 7) is 1.39. The molecule has 2 aromatic heterocycles. The van der Waals surface area contributed by atoms with Gasteiger partial charge in [0.25, 0.3) is 5.91 Å². The summed E-state index contributed by atoms with van der Waals surface area (Å²) in [7, 11) is 0. The third kappa shape index (κ3) is 2.84. The lowest BCUT2D eigenvalue weighted by Crippen LogP contribution is -2.39. The molecular formula is C16H15FN2O3S. The average molecular weight is 334 g/mol. The molecule has 0 spiro atoms. The zero-order valence-corrected chi connectivity index (χ0v) is 13.3. The number of amides is 1. The van der Waals surface area contributed by atoms with Crippen LogP contribution in [0.2, 0.25) is 0 Å². The number of alkyl halides is 1. The lowest BCUT2D eigenvalue weighted by molar-refractivity contribution is -0.149. The number of likely N-dealkylation sites (tertiary alicyclic amines) is 1. The van der Waals surface area contributed by atoms with Crippen molar-refractivity contribution in [2.45, 2.75) is 19.0 Å². The van der Waals surface area contributed by atoms with E-state index in [-0.39, 0.29) is 18.9 Å². The molecule has 1 N–H and O–H groups in total.